The monoisotopic (exact) mass is 440 g/mol. The molecule has 0 N–H and O–H groups in total. The first-order chi connectivity index (χ1) is 15.7. The molecule has 1 aromatic carbocycles. The highest BCUT2D eigenvalue weighted by Gasteiger charge is 2.28. The van der Waals surface area contributed by atoms with Crippen molar-refractivity contribution in [3.05, 3.63) is 60.2 Å². The van der Waals surface area contributed by atoms with Crippen molar-refractivity contribution in [3.8, 4) is 0 Å². The number of hydrogen-bond donors (Lipinski definition) is 0. The van der Waals surface area contributed by atoms with Gasteiger partial charge in [-0.1, -0.05) is 120 Å². The Hall–Kier alpha value is -1.38. The molecule has 1 atom stereocenters. The molecule has 1 aliphatic carbocycles. The molecule has 180 valence electrons. The molecule has 0 fully saturated rings. The first-order valence-corrected chi connectivity index (χ1v) is 13.4. The lowest BCUT2D eigenvalue weighted by Crippen LogP contribution is -2.32. The average Bonchev–Trinajstić information content (AvgIpc) is 2.83. The smallest absolute Gasteiger partial charge is 0.104 e. The minimum Gasteiger partial charge on any atom is -0.379 e. The van der Waals surface area contributed by atoms with Gasteiger partial charge in [-0.2, -0.15) is 0 Å². The normalized spacial score (nSPS) is 21.2. The maximum atomic E-state index is 6.55. The van der Waals surface area contributed by atoms with Crippen molar-refractivity contribution in [3.63, 3.8) is 0 Å². The van der Waals surface area contributed by atoms with E-state index in [9.17, 15) is 0 Å². The zero-order valence-electron chi connectivity index (χ0n) is 21.1. The summed E-state index contributed by atoms with van der Waals surface area (Å²) in [5, 5.41) is 0. The van der Waals surface area contributed by atoms with Gasteiger partial charge in [-0.05, 0) is 38.2 Å². The summed E-state index contributed by atoms with van der Waals surface area (Å²) in [6, 6.07) is 10.7. The van der Waals surface area contributed by atoms with E-state index in [4.69, 9.17) is 9.47 Å². The second-order valence-electron chi connectivity index (χ2n) is 9.51. The Bertz CT molecular complexity index is 619. The van der Waals surface area contributed by atoms with Crippen LogP contribution >= 0.6 is 0 Å². The molecule has 0 bridgehead atoms. The van der Waals surface area contributed by atoms with Crippen LogP contribution in [0.25, 0.3) is 0 Å². The van der Waals surface area contributed by atoms with Gasteiger partial charge >= 0.3 is 0 Å². The number of ether oxygens (including phenoxy) is 2. The van der Waals surface area contributed by atoms with E-state index in [-0.39, 0.29) is 11.7 Å². The van der Waals surface area contributed by atoms with Gasteiger partial charge in [0.2, 0.25) is 0 Å². The Morgan fingerprint density at radius 2 is 1.41 bits per heavy atom. The summed E-state index contributed by atoms with van der Waals surface area (Å²) in [6.07, 6.45) is 24.5. The van der Waals surface area contributed by atoms with Gasteiger partial charge in [0.05, 0.1) is 6.10 Å². The first-order valence-electron chi connectivity index (χ1n) is 13.4. The van der Waals surface area contributed by atoms with Crippen molar-refractivity contribution in [1.29, 1.82) is 0 Å². The van der Waals surface area contributed by atoms with Crippen molar-refractivity contribution in [2.45, 2.75) is 115 Å². The average molecular weight is 441 g/mol. The third-order valence-electron chi connectivity index (χ3n) is 6.57. The van der Waals surface area contributed by atoms with Gasteiger partial charge in [0.15, 0.2) is 0 Å². The maximum absolute atomic E-state index is 6.55. The van der Waals surface area contributed by atoms with E-state index in [0.29, 0.717) is 5.92 Å². The molecule has 1 unspecified atom stereocenters. The van der Waals surface area contributed by atoms with E-state index in [0.717, 1.165) is 38.9 Å². The summed E-state index contributed by atoms with van der Waals surface area (Å²) < 4.78 is 12.5. The topological polar surface area (TPSA) is 18.5 Å². The molecule has 0 spiro atoms. The molecular formula is C30H48O2. The minimum atomic E-state index is -0.283. The van der Waals surface area contributed by atoms with Gasteiger partial charge in [-0.15, -0.1) is 0 Å². The minimum absolute atomic E-state index is 0.277. The van der Waals surface area contributed by atoms with Crippen LogP contribution in [0.3, 0.4) is 0 Å². The summed E-state index contributed by atoms with van der Waals surface area (Å²) in [5.74, 6) is 0.342. The molecule has 2 heteroatoms. The number of unbranched alkanes of at least 4 members (excludes halogenated alkanes) is 8. The largest absolute Gasteiger partial charge is 0.379 e. The van der Waals surface area contributed by atoms with Gasteiger partial charge in [-0.25, -0.2) is 0 Å². The van der Waals surface area contributed by atoms with Crippen molar-refractivity contribution < 1.29 is 9.47 Å². The number of benzene rings is 1. The van der Waals surface area contributed by atoms with Gasteiger partial charge < -0.3 is 9.47 Å². The highest BCUT2D eigenvalue weighted by atomic mass is 16.5. The summed E-state index contributed by atoms with van der Waals surface area (Å²) >= 11 is 0. The Kier molecular flexibility index (Phi) is 13.7. The predicted octanol–water partition coefficient (Wildman–Crippen LogP) is 8.78. The Labute approximate surface area is 198 Å². The molecule has 32 heavy (non-hydrogen) atoms. The van der Waals surface area contributed by atoms with Gasteiger partial charge in [0, 0.05) is 19.1 Å². The van der Waals surface area contributed by atoms with E-state index >= 15 is 0 Å². The van der Waals surface area contributed by atoms with Gasteiger partial charge in [0.25, 0.3) is 0 Å². The predicted molar refractivity (Wildman–Crippen MR) is 138 cm³/mol. The Morgan fingerprint density at radius 1 is 0.781 bits per heavy atom. The summed E-state index contributed by atoms with van der Waals surface area (Å²) in [4.78, 5) is 0. The maximum Gasteiger partial charge on any atom is 0.104 e. The van der Waals surface area contributed by atoms with E-state index in [1.807, 2.05) is 0 Å². The van der Waals surface area contributed by atoms with Crippen molar-refractivity contribution in [2.75, 3.05) is 13.2 Å². The van der Waals surface area contributed by atoms with Gasteiger partial charge in [0.1, 0.15) is 5.60 Å². The van der Waals surface area contributed by atoms with E-state index in [2.05, 4.69) is 75.4 Å². The van der Waals surface area contributed by atoms with Crippen molar-refractivity contribution >= 4 is 0 Å². The van der Waals surface area contributed by atoms with Crippen molar-refractivity contribution in [2.24, 2.45) is 0 Å². The van der Waals surface area contributed by atoms with E-state index in [1.165, 1.54) is 56.9 Å². The quantitative estimate of drug-likeness (QED) is 0.168. The molecule has 0 amide bonds. The molecule has 0 radical (unpaired) electrons. The van der Waals surface area contributed by atoms with Crippen LogP contribution in [-0.2, 0) is 9.47 Å². The third-order valence-corrected chi connectivity index (χ3v) is 6.57. The molecule has 0 heterocycles. The lowest BCUT2D eigenvalue weighted by atomic mass is 9.85. The molecule has 0 saturated heterocycles. The van der Waals surface area contributed by atoms with Crippen LogP contribution in [0.4, 0.5) is 0 Å². The van der Waals surface area contributed by atoms with Crippen LogP contribution in [0.15, 0.2) is 54.6 Å². The van der Waals surface area contributed by atoms with E-state index in [1.54, 1.807) is 0 Å². The van der Waals surface area contributed by atoms with Crippen LogP contribution in [-0.4, -0.2) is 24.9 Å². The second-order valence-corrected chi connectivity index (χ2v) is 9.51. The van der Waals surface area contributed by atoms with Crippen LogP contribution in [0.2, 0.25) is 0 Å². The zero-order valence-corrected chi connectivity index (χ0v) is 21.1. The Morgan fingerprint density at radius 3 is 2.06 bits per heavy atom. The molecule has 0 aromatic heterocycles. The fourth-order valence-corrected chi connectivity index (χ4v) is 4.32. The summed E-state index contributed by atoms with van der Waals surface area (Å²) in [6.45, 7) is 8.39. The highest BCUT2D eigenvalue weighted by molar-refractivity contribution is 5.35. The lowest BCUT2D eigenvalue weighted by Gasteiger charge is -2.32. The molecule has 2 rings (SSSR count). The molecule has 1 aromatic rings. The first kappa shape index (κ1) is 26.9. The Balaban J connectivity index is 1.83. The number of hydrogen-bond acceptors (Lipinski definition) is 2. The second kappa shape index (κ2) is 16.3. The van der Waals surface area contributed by atoms with Crippen LogP contribution in [0, 0.1) is 0 Å². The van der Waals surface area contributed by atoms with Crippen molar-refractivity contribution in [1.82, 2.24) is 0 Å². The SMILES string of the molecule is CCCCCCCCCCOC1(CCC(C)OCCCC)C=CC(c2ccccc2)C=C1. The number of allylic oxidation sites excluding steroid dienone is 2. The molecule has 1 aliphatic rings. The fraction of sp³-hybridized carbons (Fsp3) is 0.667. The fourth-order valence-electron chi connectivity index (χ4n) is 4.32. The summed E-state index contributed by atoms with van der Waals surface area (Å²) in [7, 11) is 0. The molecule has 0 aliphatic heterocycles. The zero-order chi connectivity index (χ0) is 22.9. The van der Waals surface area contributed by atoms with Crippen LogP contribution in [0.5, 0.6) is 0 Å². The molecular weight excluding hydrogens is 392 g/mol. The summed E-state index contributed by atoms with van der Waals surface area (Å²) in [5.41, 5.74) is 1.06. The lowest BCUT2D eigenvalue weighted by molar-refractivity contribution is -0.00315. The third kappa shape index (κ3) is 10.5. The highest BCUT2D eigenvalue weighted by Crippen LogP contribution is 2.32. The molecule has 0 saturated carbocycles. The van der Waals surface area contributed by atoms with Crippen LogP contribution in [0.1, 0.15) is 109 Å². The number of rotatable bonds is 18. The van der Waals surface area contributed by atoms with E-state index < -0.39 is 0 Å². The standard InChI is InChI=1S/C30H48O2/c1-4-6-8-9-10-11-12-16-26-32-30(22-19-27(3)31-25-7-5-2)23-20-29(21-24-30)28-17-14-13-15-18-28/h13-15,17-18,20-21,23-24,27,29H,4-12,16,19,22,25-26H2,1-3H3. The van der Waals surface area contributed by atoms with Crippen LogP contribution < -0.4 is 0 Å². The molecule has 2 nitrogen and oxygen atoms in total. The van der Waals surface area contributed by atoms with Gasteiger partial charge in [-0.3, -0.25) is 0 Å².